The molecule has 3 N–H and O–H groups in total. The number of anilines is 1. The minimum absolute atomic E-state index is 0.0456. The maximum Gasteiger partial charge on any atom is 0.280 e. The molecule has 0 radical (unpaired) electrons. The van der Waals surface area contributed by atoms with Crippen LogP contribution in [0.5, 0.6) is 0 Å². The van der Waals surface area contributed by atoms with E-state index in [-0.39, 0.29) is 11.5 Å². The Kier molecular flexibility index (Phi) is 4.04. The number of nitrogen functional groups attached to an aromatic ring is 1. The number of hydrogen-bond donors (Lipinski definition) is 2. The van der Waals surface area contributed by atoms with Crippen molar-refractivity contribution in [1.29, 1.82) is 0 Å². The van der Waals surface area contributed by atoms with Crippen molar-refractivity contribution in [3.63, 3.8) is 0 Å². The number of nitrogens with one attached hydrogen (secondary N) is 1. The molecule has 1 amide bonds. The van der Waals surface area contributed by atoms with Crippen molar-refractivity contribution in [3.05, 3.63) is 70.3 Å². The van der Waals surface area contributed by atoms with Crippen LogP contribution in [0.4, 0.5) is 5.69 Å². The van der Waals surface area contributed by atoms with E-state index >= 15 is 0 Å². The highest BCUT2D eigenvalue weighted by Crippen LogP contribution is 2.15. The highest BCUT2D eigenvalue weighted by molar-refractivity contribution is 6.04. The van der Waals surface area contributed by atoms with E-state index in [9.17, 15) is 9.59 Å². The summed E-state index contributed by atoms with van der Waals surface area (Å²) in [5, 5.41) is 0.447. The molecule has 1 aromatic heterocycles. The van der Waals surface area contributed by atoms with Crippen LogP contribution in [-0.2, 0) is 0 Å². The molecule has 3 rings (SSSR count). The molecule has 0 aliphatic carbocycles. The average molecular weight is 322 g/mol. The molecule has 0 saturated heterocycles. The van der Waals surface area contributed by atoms with Crippen molar-refractivity contribution in [2.45, 2.75) is 19.8 Å². The second kappa shape index (κ2) is 6.16. The van der Waals surface area contributed by atoms with Gasteiger partial charge in [0, 0.05) is 11.6 Å². The molecule has 0 spiro atoms. The minimum atomic E-state index is -0.450. The molecule has 0 saturated carbocycles. The SMILES string of the molecule is CC(C)c1nc2ccccc2c(=O)n1NC(=O)c1ccccc1N. The number of nitrogens with two attached hydrogens (primary N) is 1. The van der Waals surface area contributed by atoms with Crippen LogP contribution in [0.2, 0.25) is 0 Å². The van der Waals surface area contributed by atoms with E-state index in [0.717, 1.165) is 0 Å². The topological polar surface area (TPSA) is 90.0 Å². The second-order valence-corrected chi connectivity index (χ2v) is 5.81. The Morgan fingerprint density at radius 3 is 2.50 bits per heavy atom. The Balaban J connectivity index is 2.13. The second-order valence-electron chi connectivity index (χ2n) is 5.81. The lowest BCUT2D eigenvalue weighted by atomic mass is 10.1. The van der Waals surface area contributed by atoms with Gasteiger partial charge in [0.1, 0.15) is 5.82 Å². The summed E-state index contributed by atoms with van der Waals surface area (Å²) in [6, 6.07) is 13.8. The van der Waals surface area contributed by atoms with Gasteiger partial charge >= 0.3 is 0 Å². The van der Waals surface area contributed by atoms with Crippen molar-refractivity contribution in [2.75, 3.05) is 11.2 Å². The van der Waals surface area contributed by atoms with E-state index in [1.807, 2.05) is 19.9 Å². The van der Waals surface area contributed by atoms with E-state index in [0.29, 0.717) is 28.0 Å². The molecule has 2 aromatic carbocycles. The van der Waals surface area contributed by atoms with Crippen LogP contribution in [0, 0.1) is 0 Å². The van der Waals surface area contributed by atoms with E-state index in [2.05, 4.69) is 10.4 Å². The number of carbonyl (C=O) groups excluding carboxylic acids is 1. The number of benzene rings is 2. The molecule has 6 heteroatoms. The Morgan fingerprint density at radius 1 is 1.12 bits per heavy atom. The highest BCUT2D eigenvalue weighted by Gasteiger charge is 2.17. The molecule has 0 atom stereocenters. The van der Waals surface area contributed by atoms with Crippen molar-refractivity contribution in [2.24, 2.45) is 0 Å². The van der Waals surface area contributed by atoms with Gasteiger partial charge in [-0.3, -0.25) is 15.0 Å². The van der Waals surface area contributed by atoms with Crippen LogP contribution in [0.25, 0.3) is 10.9 Å². The molecule has 3 aromatic rings. The fraction of sp³-hybridized carbons (Fsp3) is 0.167. The van der Waals surface area contributed by atoms with Crippen LogP contribution in [0.3, 0.4) is 0 Å². The summed E-state index contributed by atoms with van der Waals surface area (Å²) in [5.41, 5.74) is 9.43. The first-order valence-corrected chi connectivity index (χ1v) is 7.66. The highest BCUT2D eigenvalue weighted by atomic mass is 16.2. The number of rotatable bonds is 3. The van der Waals surface area contributed by atoms with Gasteiger partial charge in [-0.15, -0.1) is 0 Å². The number of aromatic nitrogens is 2. The summed E-state index contributed by atoms with van der Waals surface area (Å²) in [6.45, 7) is 3.83. The van der Waals surface area contributed by atoms with E-state index in [4.69, 9.17) is 5.73 Å². The normalized spacial score (nSPS) is 11.0. The third-order valence-electron chi connectivity index (χ3n) is 3.74. The summed E-state index contributed by atoms with van der Waals surface area (Å²) in [5.74, 6) is -0.00791. The number of para-hydroxylation sites is 2. The third kappa shape index (κ3) is 2.74. The van der Waals surface area contributed by atoms with E-state index in [1.54, 1.807) is 42.5 Å². The Hall–Kier alpha value is -3.15. The summed E-state index contributed by atoms with van der Waals surface area (Å²) < 4.78 is 1.21. The zero-order valence-corrected chi connectivity index (χ0v) is 13.5. The van der Waals surface area contributed by atoms with E-state index in [1.165, 1.54) is 4.68 Å². The molecule has 0 unspecified atom stereocenters. The van der Waals surface area contributed by atoms with Crippen LogP contribution in [-0.4, -0.2) is 15.6 Å². The number of fused-ring (bicyclic) bond motifs is 1. The summed E-state index contributed by atoms with van der Waals surface area (Å²) in [4.78, 5) is 29.8. The molecule has 0 fully saturated rings. The van der Waals surface area contributed by atoms with Crippen molar-refractivity contribution >= 4 is 22.5 Å². The fourth-order valence-electron chi connectivity index (χ4n) is 2.51. The predicted molar refractivity (Wildman–Crippen MR) is 94.6 cm³/mol. The van der Waals surface area contributed by atoms with Gasteiger partial charge in [0.2, 0.25) is 0 Å². The standard InChI is InChI=1S/C18H18N4O2/c1-11(2)16-20-15-10-6-4-8-13(15)18(24)22(16)21-17(23)12-7-3-5-9-14(12)19/h3-11H,19H2,1-2H3,(H,21,23). The number of hydrogen-bond acceptors (Lipinski definition) is 4. The fourth-order valence-corrected chi connectivity index (χ4v) is 2.51. The smallest absolute Gasteiger partial charge is 0.280 e. The van der Waals surface area contributed by atoms with Gasteiger partial charge in [-0.1, -0.05) is 38.1 Å². The zero-order chi connectivity index (χ0) is 17.3. The lowest BCUT2D eigenvalue weighted by Gasteiger charge is -2.17. The van der Waals surface area contributed by atoms with Crippen LogP contribution < -0.4 is 16.7 Å². The van der Waals surface area contributed by atoms with Crippen molar-refractivity contribution in [3.8, 4) is 0 Å². The van der Waals surface area contributed by atoms with Gasteiger partial charge in [-0.05, 0) is 24.3 Å². The maximum absolute atomic E-state index is 12.8. The van der Waals surface area contributed by atoms with Crippen molar-refractivity contribution in [1.82, 2.24) is 9.66 Å². The van der Waals surface area contributed by atoms with Gasteiger partial charge in [0.05, 0.1) is 16.5 Å². The minimum Gasteiger partial charge on any atom is -0.398 e. The largest absolute Gasteiger partial charge is 0.398 e. The Bertz CT molecular complexity index is 976. The molecular formula is C18H18N4O2. The molecule has 1 heterocycles. The van der Waals surface area contributed by atoms with Gasteiger partial charge in [-0.2, -0.15) is 0 Å². The summed E-state index contributed by atoms with van der Waals surface area (Å²) in [6.07, 6.45) is 0. The first-order valence-electron chi connectivity index (χ1n) is 7.66. The average Bonchev–Trinajstić information content (AvgIpc) is 2.57. The first-order chi connectivity index (χ1) is 11.5. The first kappa shape index (κ1) is 15.7. The number of nitrogens with zero attached hydrogens (tertiary/aromatic N) is 2. The molecule has 24 heavy (non-hydrogen) atoms. The monoisotopic (exact) mass is 322 g/mol. The third-order valence-corrected chi connectivity index (χ3v) is 3.74. The number of amides is 1. The van der Waals surface area contributed by atoms with Gasteiger partial charge in [-0.25, -0.2) is 9.66 Å². The molecule has 0 aliphatic heterocycles. The summed E-state index contributed by atoms with van der Waals surface area (Å²) >= 11 is 0. The van der Waals surface area contributed by atoms with Crippen molar-refractivity contribution < 1.29 is 4.79 Å². The van der Waals surface area contributed by atoms with Gasteiger partial charge in [0.25, 0.3) is 11.5 Å². The van der Waals surface area contributed by atoms with Gasteiger partial charge < -0.3 is 5.73 Å². The lowest BCUT2D eigenvalue weighted by Crippen LogP contribution is -2.37. The zero-order valence-electron chi connectivity index (χ0n) is 13.5. The van der Waals surface area contributed by atoms with E-state index < -0.39 is 5.91 Å². The lowest BCUT2D eigenvalue weighted by molar-refractivity contribution is 0.101. The quantitative estimate of drug-likeness (QED) is 0.725. The van der Waals surface area contributed by atoms with Gasteiger partial charge in [0.15, 0.2) is 0 Å². The summed E-state index contributed by atoms with van der Waals surface area (Å²) in [7, 11) is 0. The number of carbonyl (C=O) groups is 1. The molecule has 0 aliphatic rings. The Labute approximate surface area is 138 Å². The Morgan fingerprint density at radius 2 is 1.79 bits per heavy atom. The van der Waals surface area contributed by atoms with Crippen LogP contribution >= 0.6 is 0 Å². The molecule has 122 valence electrons. The van der Waals surface area contributed by atoms with Crippen LogP contribution in [0.1, 0.15) is 35.9 Å². The van der Waals surface area contributed by atoms with Crippen LogP contribution in [0.15, 0.2) is 53.3 Å². The molecule has 6 nitrogen and oxygen atoms in total. The predicted octanol–water partition coefficient (Wildman–Crippen LogP) is 2.49. The molecular weight excluding hydrogens is 304 g/mol. The molecule has 0 bridgehead atoms. The maximum atomic E-state index is 12.8.